The standard InChI is InChI=1S/C8H8N4S2/c1-3-5-7(11-13-9-5)4(2)8-6(3)10-14-12-8/h9,11H,1-2H3. The fourth-order valence-electron chi connectivity index (χ4n) is 1.68. The first-order valence-corrected chi connectivity index (χ1v) is 5.77. The van der Waals surface area contributed by atoms with Gasteiger partial charge >= 0.3 is 0 Å². The third-order valence-corrected chi connectivity index (χ3v) is 3.65. The van der Waals surface area contributed by atoms with Crippen LogP contribution in [0.15, 0.2) is 0 Å². The van der Waals surface area contributed by atoms with Gasteiger partial charge in [0.05, 0.1) is 35.2 Å². The minimum atomic E-state index is 1.02. The molecular weight excluding hydrogens is 216 g/mol. The van der Waals surface area contributed by atoms with Gasteiger partial charge in [-0.2, -0.15) is 8.75 Å². The van der Waals surface area contributed by atoms with Crippen LogP contribution in [0.4, 0.5) is 11.4 Å². The van der Waals surface area contributed by atoms with Gasteiger partial charge in [-0.3, -0.25) is 0 Å². The van der Waals surface area contributed by atoms with Crippen LogP contribution in [0.5, 0.6) is 0 Å². The average molecular weight is 224 g/mol. The van der Waals surface area contributed by atoms with E-state index in [1.54, 1.807) is 0 Å². The van der Waals surface area contributed by atoms with E-state index < -0.39 is 0 Å². The van der Waals surface area contributed by atoms with Crippen LogP contribution in [0.2, 0.25) is 0 Å². The SMILES string of the molecule is Cc1c2c(c(C)c3nsnc13)NSN2. The molecule has 0 aliphatic carbocycles. The summed E-state index contributed by atoms with van der Waals surface area (Å²) in [7, 11) is 0. The average Bonchev–Trinajstić information content (AvgIpc) is 2.82. The zero-order chi connectivity index (χ0) is 9.71. The molecule has 14 heavy (non-hydrogen) atoms. The molecule has 0 unspecified atom stereocenters. The monoisotopic (exact) mass is 224 g/mol. The van der Waals surface area contributed by atoms with E-state index in [1.165, 1.54) is 35.0 Å². The van der Waals surface area contributed by atoms with E-state index in [1.807, 2.05) is 0 Å². The van der Waals surface area contributed by atoms with Gasteiger partial charge in [-0.25, -0.2) is 0 Å². The molecule has 1 aromatic carbocycles. The molecular formula is C8H8N4S2. The van der Waals surface area contributed by atoms with Crippen LogP contribution in [-0.4, -0.2) is 8.75 Å². The Morgan fingerprint density at radius 3 is 1.93 bits per heavy atom. The molecule has 6 heteroatoms. The summed E-state index contributed by atoms with van der Waals surface area (Å²) in [5, 5.41) is 0. The molecule has 1 aromatic heterocycles. The Kier molecular flexibility index (Phi) is 1.63. The number of nitrogens with one attached hydrogen (secondary N) is 2. The zero-order valence-corrected chi connectivity index (χ0v) is 9.34. The number of benzene rings is 1. The highest BCUT2D eigenvalue weighted by atomic mass is 32.2. The highest BCUT2D eigenvalue weighted by molar-refractivity contribution is 8.02. The van der Waals surface area contributed by atoms with E-state index in [0.29, 0.717) is 0 Å². The Hall–Kier alpha value is -1.01. The van der Waals surface area contributed by atoms with Gasteiger partial charge < -0.3 is 9.44 Å². The Morgan fingerprint density at radius 2 is 1.43 bits per heavy atom. The Labute approximate surface area is 89.7 Å². The highest BCUT2D eigenvalue weighted by Crippen LogP contribution is 2.42. The molecule has 0 bridgehead atoms. The second kappa shape index (κ2) is 2.74. The van der Waals surface area contributed by atoms with Gasteiger partial charge in [0.2, 0.25) is 0 Å². The molecule has 1 aliphatic heterocycles. The fraction of sp³-hybridized carbons (Fsp3) is 0.250. The largest absolute Gasteiger partial charge is 0.310 e. The van der Waals surface area contributed by atoms with Crippen molar-refractivity contribution in [1.82, 2.24) is 8.75 Å². The number of anilines is 2. The number of fused-ring (bicyclic) bond motifs is 2. The van der Waals surface area contributed by atoms with Crippen molar-refractivity contribution in [2.75, 3.05) is 9.44 Å². The molecule has 4 nitrogen and oxygen atoms in total. The molecule has 2 aromatic rings. The van der Waals surface area contributed by atoms with Gasteiger partial charge in [0.1, 0.15) is 11.0 Å². The maximum Gasteiger partial charge on any atom is 0.110 e. The van der Waals surface area contributed by atoms with Crippen LogP contribution in [0.25, 0.3) is 11.0 Å². The molecule has 2 heterocycles. The summed E-state index contributed by atoms with van der Waals surface area (Å²) >= 11 is 2.76. The van der Waals surface area contributed by atoms with Crippen molar-refractivity contribution in [2.45, 2.75) is 13.8 Å². The molecule has 72 valence electrons. The molecule has 0 amide bonds. The van der Waals surface area contributed by atoms with E-state index in [2.05, 4.69) is 32.0 Å². The van der Waals surface area contributed by atoms with Crippen molar-refractivity contribution in [2.24, 2.45) is 0 Å². The normalized spacial score (nSPS) is 13.9. The van der Waals surface area contributed by atoms with E-state index in [4.69, 9.17) is 0 Å². The lowest BCUT2D eigenvalue weighted by Gasteiger charge is -2.06. The molecule has 0 spiro atoms. The van der Waals surface area contributed by atoms with Crippen molar-refractivity contribution in [3.8, 4) is 0 Å². The molecule has 3 rings (SSSR count). The predicted octanol–water partition coefficient (Wildman–Crippen LogP) is 2.71. The van der Waals surface area contributed by atoms with Gasteiger partial charge in [0.25, 0.3) is 0 Å². The summed E-state index contributed by atoms with van der Waals surface area (Å²) in [5.41, 5.74) is 6.67. The minimum Gasteiger partial charge on any atom is -0.310 e. The van der Waals surface area contributed by atoms with E-state index in [9.17, 15) is 0 Å². The van der Waals surface area contributed by atoms with Crippen LogP contribution in [0.1, 0.15) is 11.1 Å². The predicted molar refractivity (Wildman–Crippen MR) is 61.7 cm³/mol. The van der Waals surface area contributed by atoms with Crippen molar-refractivity contribution in [1.29, 1.82) is 0 Å². The second-order valence-electron chi connectivity index (χ2n) is 3.27. The fourth-order valence-corrected chi connectivity index (χ4v) is 3.09. The lowest BCUT2D eigenvalue weighted by molar-refractivity contribution is 1.43. The smallest absolute Gasteiger partial charge is 0.110 e. The highest BCUT2D eigenvalue weighted by Gasteiger charge is 2.21. The third kappa shape index (κ3) is 0.896. The van der Waals surface area contributed by atoms with E-state index in [0.717, 1.165) is 22.4 Å². The number of hydrogen-bond donors (Lipinski definition) is 2. The molecule has 0 saturated carbocycles. The van der Waals surface area contributed by atoms with Gasteiger partial charge in [0.15, 0.2) is 0 Å². The lowest BCUT2D eigenvalue weighted by atomic mass is 10.1. The number of aryl methyl sites for hydroxylation is 2. The van der Waals surface area contributed by atoms with Gasteiger partial charge in [-0.15, -0.1) is 0 Å². The molecule has 0 saturated heterocycles. The first-order chi connectivity index (χ1) is 6.79. The minimum absolute atomic E-state index is 1.02. The van der Waals surface area contributed by atoms with Crippen LogP contribution < -0.4 is 9.44 Å². The van der Waals surface area contributed by atoms with E-state index in [-0.39, 0.29) is 0 Å². The van der Waals surface area contributed by atoms with Crippen LogP contribution in [0, 0.1) is 13.8 Å². The molecule has 1 aliphatic rings. The number of aromatic nitrogens is 2. The molecule has 2 N–H and O–H groups in total. The Bertz CT molecular complexity index is 476. The number of rotatable bonds is 0. The Morgan fingerprint density at radius 1 is 0.929 bits per heavy atom. The lowest BCUT2D eigenvalue weighted by Crippen LogP contribution is -1.89. The summed E-state index contributed by atoms with van der Waals surface area (Å²) < 4.78 is 15.1. The van der Waals surface area contributed by atoms with E-state index >= 15 is 0 Å². The number of hydrogen-bond acceptors (Lipinski definition) is 6. The van der Waals surface area contributed by atoms with Crippen LogP contribution in [-0.2, 0) is 0 Å². The van der Waals surface area contributed by atoms with Crippen LogP contribution >= 0.6 is 23.9 Å². The first-order valence-electron chi connectivity index (χ1n) is 4.22. The summed E-state index contributed by atoms with van der Waals surface area (Å²) in [5.74, 6) is 0. The summed E-state index contributed by atoms with van der Waals surface area (Å²) in [6.07, 6.45) is 0. The first kappa shape index (κ1) is 8.31. The van der Waals surface area contributed by atoms with Crippen molar-refractivity contribution < 1.29 is 0 Å². The van der Waals surface area contributed by atoms with Crippen molar-refractivity contribution in [3.63, 3.8) is 0 Å². The van der Waals surface area contributed by atoms with Gasteiger partial charge in [0, 0.05) is 11.1 Å². The Balaban J connectivity index is 2.51. The van der Waals surface area contributed by atoms with Gasteiger partial charge in [-0.05, 0) is 13.8 Å². The van der Waals surface area contributed by atoms with Crippen LogP contribution in [0.3, 0.4) is 0 Å². The van der Waals surface area contributed by atoms with Crippen molar-refractivity contribution in [3.05, 3.63) is 11.1 Å². The third-order valence-electron chi connectivity index (χ3n) is 2.51. The second-order valence-corrected chi connectivity index (χ2v) is 4.41. The van der Waals surface area contributed by atoms with Gasteiger partial charge in [-0.1, -0.05) is 0 Å². The summed E-state index contributed by atoms with van der Waals surface area (Å²) in [6, 6.07) is 0. The molecule has 0 atom stereocenters. The summed E-state index contributed by atoms with van der Waals surface area (Å²) in [6.45, 7) is 4.14. The maximum absolute atomic E-state index is 4.31. The zero-order valence-electron chi connectivity index (χ0n) is 7.71. The molecule has 0 radical (unpaired) electrons. The topological polar surface area (TPSA) is 49.8 Å². The summed E-state index contributed by atoms with van der Waals surface area (Å²) in [4.78, 5) is 0. The quantitative estimate of drug-likeness (QED) is 0.674. The van der Waals surface area contributed by atoms with Crippen molar-refractivity contribution >= 4 is 46.3 Å². The molecule has 0 fully saturated rings. The maximum atomic E-state index is 4.31. The number of nitrogens with zero attached hydrogens (tertiary/aromatic N) is 2.